The van der Waals surface area contributed by atoms with Crippen LogP contribution in [0.4, 0.5) is 0 Å². The van der Waals surface area contributed by atoms with Crippen LogP contribution in [0.25, 0.3) is 0 Å². The molecule has 1 amide bonds. The van der Waals surface area contributed by atoms with Gasteiger partial charge in [0.1, 0.15) is 0 Å². The van der Waals surface area contributed by atoms with Gasteiger partial charge < -0.3 is 5.32 Å². The minimum atomic E-state index is -0.0914. The van der Waals surface area contributed by atoms with Crippen LogP contribution >= 0.6 is 0 Å². The molecule has 2 rings (SSSR count). The summed E-state index contributed by atoms with van der Waals surface area (Å²) < 4.78 is 0. The molecule has 2 saturated carbocycles. The van der Waals surface area contributed by atoms with Gasteiger partial charge in [-0.3, -0.25) is 4.79 Å². The van der Waals surface area contributed by atoms with Crippen LogP contribution in [0.5, 0.6) is 0 Å². The average molecular weight is 177 g/mol. The van der Waals surface area contributed by atoms with Crippen molar-refractivity contribution in [1.82, 2.24) is 5.32 Å². The molecule has 13 heavy (non-hydrogen) atoms. The number of hydrogen-bond donors (Lipinski definition) is 1. The number of hydrogen-bond acceptors (Lipinski definition) is 1. The Morgan fingerprint density at radius 2 is 1.85 bits per heavy atom. The quantitative estimate of drug-likeness (QED) is 0.647. The molecule has 2 nitrogen and oxygen atoms in total. The zero-order chi connectivity index (χ0) is 9.26. The van der Waals surface area contributed by atoms with Crippen LogP contribution in [-0.2, 0) is 4.79 Å². The maximum Gasteiger partial charge on any atom is 0.296 e. The van der Waals surface area contributed by atoms with E-state index in [0.29, 0.717) is 6.04 Å². The summed E-state index contributed by atoms with van der Waals surface area (Å²) in [6.07, 6.45) is 5.17. The third-order valence-corrected chi connectivity index (χ3v) is 2.80. The molecule has 0 atom stereocenters. The SMILES string of the molecule is CC#CC(=O)NC(C1CC1)C1CC1. The molecule has 2 aliphatic rings. The van der Waals surface area contributed by atoms with Gasteiger partial charge in [0, 0.05) is 6.04 Å². The molecule has 70 valence electrons. The van der Waals surface area contributed by atoms with Crippen molar-refractivity contribution in [3.05, 3.63) is 0 Å². The van der Waals surface area contributed by atoms with Crippen LogP contribution in [0.15, 0.2) is 0 Å². The Labute approximate surface area is 79.1 Å². The maximum atomic E-state index is 11.2. The molecule has 0 aromatic heterocycles. The second kappa shape index (κ2) is 3.41. The van der Waals surface area contributed by atoms with E-state index in [-0.39, 0.29) is 5.91 Å². The van der Waals surface area contributed by atoms with E-state index in [0.717, 1.165) is 11.8 Å². The van der Waals surface area contributed by atoms with E-state index in [1.807, 2.05) is 0 Å². The van der Waals surface area contributed by atoms with E-state index < -0.39 is 0 Å². The number of rotatable bonds is 3. The molecule has 0 saturated heterocycles. The van der Waals surface area contributed by atoms with Gasteiger partial charge in [-0.25, -0.2) is 0 Å². The molecule has 0 unspecified atom stereocenters. The zero-order valence-electron chi connectivity index (χ0n) is 7.97. The van der Waals surface area contributed by atoms with Crippen molar-refractivity contribution >= 4 is 5.91 Å². The smallest absolute Gasteiger partial charge is 0.296 e. The summed E-state index contributed by atoms with van der Waals surface area (Å²) in [6.45, 7) is 1.70. The normalized spacial score (nSPS) is 20.8. The van der Waals surface area contributed by atoms with Crippen LogP contribution in [0.2, 0.25) is 0 Å². The predicted molar refractivity (Wildman–Crippen MR) is 50.8 cm³/mol. The molecular weight excluding hydrogens is 162 g/mol. The maximum absolute atomic E-state index is 11.2. The number of carbonyl (C=O) groups is 1. The van der Waals surface area contributed by atoms with Gasteiger partial charge in [0.15, 0.2) is 0 Å². The van der Waals surface area contributed by atoms with Crippen LogP contribution in [0, 0.1) is 23.7 Å². The van der Waals surface area contributed by atoms with E-state index in [9.17, 15) is 4.79 Å². The molecule has 0 heterocycles. The first kappa shape index (κ1) is 8.62. The predicted octanol–water partition coefficient (Wildman–Crippen LogP) is 1.31. The lowest BCUT2D eigenvalue weighted by Gasteiger charge is -2.15. The van der Waals surface area contributed by atoms with Gasteiger partial charge in [-0.2, -0.15) is 0 Å². The Bertz CT molecular complexity index is 254. The van der Waals surface area contributed by atoms with Gasteiger partial charge in [0.2, 0.25) is 0 Å². The fourth-order valence-corrected chi connectivity index (χ4v) is 1.83. The van der Waals surface area contributed by atoms with Gasteiger partial charge in [0.25, 0.3) is 5.91 Å². The molecule has 0 bridgehead atoms. The highest BCUT2D eigenvalue weighted by atomic mass is 16.1. The topological polar surface area (TPSA) is 29.1 Å². The standard InChI is InChI=1S/C11H15NO/c1-2-3-10(13)12-11(8-4-5-8)9-6-7-9/h8-9,11H,4-7H2,1H3,(H,12,13). The minimum absolute atomic E-state index is 0.0914. The summed E-state index contributed by atoms with van der Waals surface area (Å²) >= 11 is 0. The van der Waals surface area contributed by atoms with Gasteiger partial charge in [-0.1, -0.05) is 5.92 Å². The summed E-state index contributed by atoms with van der Waals surface area (Å²) in [5.74, 6) is 6.60. The summed E-state index contributed by atoms with van der Waals surface area (Å²) in [5, 5.41) is 3.03. The van der Waals surface area contributed by atoms with E-state index in [4.69, 9.17) is 0 Å². The van der Waals surface area contributed by atoms with Crippen molar-refractivity contribution in [2.75, 3.05) is 0 Å². The Balaban J connectivity index is 1.87. The Morgan fingerprint density at radius 3 is 2.23 bits per heavy atom. The van der Waals surface area contributed by atoms with Crippen molar-refractivity contribution in [3.63, 3.8) is 0 Å². The van der Waals surface area contributed by atoms with Crippen LogP contribution in [-0.4, -0.2) is 11.9 Å². The highest BCUT2D eigenvalue weighted by Crippen LogP contribution is 2.44. The number of nitrogens with one attached hydrogen (secondary N) is 1. The van der Waals surface area contributed by atoms with Crippen LogP contribution < -0.4 is 5.32 Å². The highest BCUT2D eigenvalue weighted by Gasteiger charge is 2.41. The molecule has 2 aliphatic carbocycles. The van der Waals surface area contributed by atoms with Gasteiger partial charge in [0.05, 0.1) is 0 Å². The van der Waals surface area contributed by atoms with Crippen molar-refractivity contribution < 1.29 is 4.79 Å². The van der Waals surface area contributed by atoms with Crippen LogP contribution in [0.1, 0.15) is 32.6 Å². The van der Waals surface area contributed by atoms with E-state index in [2.05, 4.69) is 17.2 Å². The molecule has 0 aliphatic heterocycles. The molecular formula is C11H15NO. The molecule has 1 N–H and O–H groups in total. The number of amides is 1. The fraction of sp³-hybridized carbons (Fsp3) is 0.727. The average Bonchev–Trinajstić information content (AvgIpc) is 2.95. The van der Waals surface area contributed by atoms with Crippen molar-refractivity contribution in [3.8, 4) is 11.8 Å². The first-order valence-electron chi connectivity index (χ1n) is 5.04. The van der Waals surface area contributed by atoms with Gasteiger partial charge in [-0.15, -0.1) is 0 Å². The number of carbonyl (C=O) groups excluding carboxylic acids is 1. The lowest BCUT2D eigenvalue weighted by Crippen LogP contribution is -2.37. The summed E-state index contributed by atoms with van der Waals surface area (Å²) in [4.78, 5) is 11.2. The summed E-state index contributed by atoms with van der Waals surface area (Å²) in [5.41, 5.74) is 0. The highest BCUT2D eigenvalue weighted by molar-refractivity contribution is 5.93. The first-order chi connectivity index (χ1) is 6.31. The molecule has 0 radical (unpaired) electrons. The van der Waals surface area contributed by atoms with E-state index in [1.165, 1.54) is 25.7 Å². The van der Waals surface area contributed by atoms with Crippen molar-refractivity contribution in [2.45, 2.75) is 38.6 Å². The lowest BCUT2D eigenvalue weighted by atomic mass is 10.1. The minimum Gasteiger partial charge on any atom is -0.342 e. The summed E-state index contributed by atoms with van der Waals surface area (Å²) in [6, 6.07) is 0.438. The van der Waals surface area contributed by atoms with Crippen molar-refractivity contribution in [1.29, 1.82) is 0 Å². The Morgan fingerprint density at radius 1 is 1.31 bits per heavy atom. The zero-order valence-corrected chi connectivity index (χ0v) is 7.97. The molecule has 2 fully saturated rings. The Kier molecular flexibility index (Phi) is 2.26. The largest absolute Gasteiger partial charge is 0.342 e. The van der Waals surface area contributed by atoms with Crippen LogP contribution in [0.3, 0.4) is 0 Å². The molecule has 0 aromatic rings. The second-order valence-corrected chi connectivity index (χ2v) is 4.05. The molecule has 0 aromatic carbocycles. The monoisotopic (exact) mass is 177 g/mol. The first-order valence-corrected chi connectivity index (χ1v) is 5.04. The van der Waals surface area contributed by atoms with E-state index in [1.54, 1.807) is 6.92 Å². The van der Waals surface area contributed by atoms with Crippen molar-refractivity contribution in [2.24, 2.45) is 11.8 Å². The second-order valence-electron chi connectivity index (χ2n) is 4.05. The Hall–Kier alpha value is -0.970. The van der Waals surface area contributed by atoms with E-state index >= 15 is 0 Å². The lowest BCUT2D eigenvalue weighted by molar-refractivity contribution is -0.116. The van der Waals surface area contributed by atoms with Gasteiger partial charge >= 0.3 is 0 Å². The summed E-state index contributed by atoms with van der Waals surface area (Å²) in [7, 11) is 0. The third-order valence-electron chi connectivity index (χ3n) is 2.80. The third kappa shape index (κ3) is 2.24. The van der Waals surface area contributed by atoms with Gasteiger partial charge in [-0.05, 0) is 50.4 Å². The molecule has 0 spiro atoms. The molecule has 2 heteroatoms. The fourth-order valence-electron chi connectivity index (χ4n) is 1.83.